The molecule has 0 aliphatic carbocycles. The second-order valence-corrected chi connectivity index (χ2v) is 8.02. The van der Waals surface area contributed by atoms with E-state index in [1.165, 1.54) is 24.5 Å². The van der Waals surface area contributed by atoms with Gasteiger partial charge in [0.05, 0.1) is 31.0 Å². The van der Waals surface area contributed by atoms with Gasteiger partial charge in [-0.05, 0) is 60.7 Å². The Hall–Kier alpha value is -5.25. The molecular formula is C28H22FN5O4. The zero-order valence-electron chi connectivity index (χ0n) is 20.4. The summed E-state index contributed by atoms with van der Waals surface area (Å²) in [5, 5.41) is 6.02. The van der Waals surface area contributed by atoms with Crippen molar-refractivity contribution in [1.82, 2.24) is 15.0 Å². The Morgan fingerprint density at radius 1 is 0.816 bits per heavy atom. The van der Waals surface area contributed by atoms with Crippen molar-refractivity contribution in [3.05, 3.63) is 91.1 Å². The van der Waals surface area contributed by atoms with Crippen LogP contribution in [0.4, 0.5) is 20.6 Å². The Bertz CT molecular complexity index is 1610. The van der Waals surface area contributed by atoms with Crippen LogP contribution in [0.1, 0.15) is 0 Å². The number of rotatable bonds is 7. The predicted molar refractivity (Wildman–Crippen MR) is 141 cm³/mol. The summed E-state index contributed by atoms with van der Waals surface area (Å²) in [5.41, 5.74) is 2.82. The Morgan fingerprint density at radius 2 is 1.58 bits per heavy atom. The van der Waals surface area contributed by atoms with Gasteiger partial charge >= 0.3 is 6.03 Å². The third-order valence-corrected chi connectivity index (χ3v) is 5.58. The number of methoxy groups -OCH3 is 2. The lowest BCUT2D eigenvalue weighted by Crippen LogP contribution is -2.19. The van der Waals surface area contributed by atoms with Gasteiger partial charge in [0.25, 0.3) is 0 Å². The van der Waals surface area contributed by atoms with Gasteiger partial charge in [0.1, 0.15) is 17.9 Å². The molecule has 0 saturated carbocycles. The van der Waals surface area contributed by atoms with E-state index >= 15 is 0 Å². The number of hydrogen-bond acceptors (Lipinski definition) is 7. The molecule has 0 unspecified atom stereocenters. The number of fused-ring (bicyclic) bond motifs is 1. The summed E-state index contributed by atoms with van der Waals surface area (Å²) < 4.78 is 30.3. The molecule has 190 valence electrons. The number of benzene rings is 3. The molecule has 2 heterocycles. The lowest BCUT2D eigenvalue weighted by molar-refractivity contribution is 0.262. The molecule has 0 fully saturated rings. The van der Waals surface area contributed by atoms with Crippen molar-refractivity contribution >= 4 is 28.3 Å². The van der Waals surface area contributed by atoms with Crippen LogP contribution in [-0.4, -0.2) is 35.2 Å². The molecule has 2 aromatic heterocycles. The zero-order chi connectivity index (χ0) is 26.5. The number of carbonyl (C=O) groups is 1. The smallest absolute Gasteiger partial charge is 0.323 e. The molecule has 0 aliphatic rings. The number of nitrogens with one attached hydrogen (secondary N) is 2. The second-order valence-electron chi connectivity index (χ2n) is 8.02. The fraction of sp³-hybridized carbons (Fsp3) is 0.0714. The van der Waals surface area contributed by atoms with E-state index < -0.39 is 11.8 Å². The third kappa shape index (κ3) is 5.29. The van der Waals surface area contributed by atoms with Crippen molar-refractivity contribution in [2.75, 3.05) is 24.9 Å². The Balaban J connectivity index is 1.37. The molecule has 2 amide bonds. The summed E-state index contributed by atoms with van der Waals surface area (Å²) in [6.07, 6.45) is 3.09. The average molecular weight is 512 g/mol. The van der Waals surface area contributed by atoms with Crippen LogP contribution >= 0.6 is 0 Å². The number of amides is 2. The topological polar surface area (TPSA) is 107 Å². The highest BCUT2D eigenvalue weighted by atomic mass is 19.1. The molecule has 5 rings (SSSR count). The molecule has 2 N–H and O–H groups in total. The van der Waals surface area contributed by atoms with Gasteiger partial charge in [0.2, 0.25) is 5.88 Å². The molecule has 0 atom stereocenters. The summed E-state index contributed by atoms with van der Waals surface area (Å²) in [7, 11) is 3.13. The maximum Gasteiger partial charge on any atom is 0.323 e. The van der Waals surface area contributed by atoms with Crippen molar-refractivity contribution in [1.29, 1.82) is 0 Å². The van der Waals surface area contributed by atoms with Crippen molar-refractivity contribution in [2.24, 2.45) is 0 Å². The lowest BCUT2D eigenvalue weighted by Gasteiger charge is -2.13. The molecule has 0 aliphatic heterocycles. The first-order valence-corrected chi connectivity index (χ1v) is 11.5. The van der Waals surface area contributed by atoms with E-state index in [4.69, 9.17) is 14.2 Å². The van der Waals surface area contributed by atoms with E-state index in [9.17, 15) is 9.18 Å². The van der Waals surface area contributed by atoms with Crippen LogP contribution in [0.2, 0.25) is 0 Å². The fourth-order valence-electron chi connectivity index (χ4n) is 3.83. The van der Waals surface area contributed by atoms with E-state index in [1.54, 1.807) is 62.9 Å². The first kappa shape index (κ1) is 24.4. The van der Waals surface area contributed by atoms with Crippen LogP contribution in [0.3, 0.4) is 0 Å². The number of halogens is 1. The number of hydrogen-bond donors (Lipinski definition) is 2. The number of anilines is 2. The van der Waals surface area contributed by atoms with Crippen molar-refractivity contribution in [2.45, 2.75) is 0 Å². The highest BCUT2D eigenvalue weighted by Gasteiger charge is 2.16. The van der Waals surface area contributed by atoms with Crippen LogP contribution in [0, 0.1) is 5.82 Å². The second kappa shape index (κ2) is 10.8. The van der Waals surface area contributed by atoms with E-state index in [0.717, 1.165) is 5.39 Å². The standard InChI is InChI=1S/C28H22FN5O4/c1-36-24-14-22-23(15-25(24)37-2)31-16-32-26(22)21-7-4-12-30-27(21)38-20-10-8-18(9-11-20)33-28(35)34-19-6-3-5-17(29)13-19/h3-16H,1-2H3,(H2,33,34,35). The Morgan fingerprint density at radius 3 is 2.34 bits per heavy atom. The highest BCUT2D eigenvalue weighted by Crippen LogP contribution is 2.38. The molecular weight excluding hydrogens is 489 g/mol. The zero-order valence-corrected chi connectivity index (χ0v) is 20.4. The van der Waals surface area contributed by atoms with Crippen molar-refractivity contribution < 1.29 is 23.4 Å². The van der Waals surface area contributed by atoms with Crippen LogP contribution in [0.5, 0.6) is 23.1 Å². The monoisotopic (exact) mass is 511 g/mol. The van der Waals surface area contributed by atoms with Crippen LogP contribution in [0.15, 0.2) is 85.3 Å². The molecule has 0 saturated heterocycles. The molecule has 5 aromatic rings. The minimum Gasteiger partial charge on any atom is -0.493 e. The van der Waals surface area contributed by atoms with Gasteiger partial charge in [0, 0.05) is 29.0 Å². The normalized spacial score (nSPS) is 10.6. The molecule has 10 heteroatoms. The van der Waals surface area contributed by atoms with E-state index in [1.807, 2.05) is 12.1 Å². The van der Waals surface area contributed by atoms with Crippen molar-refractivity contribution in [3.8, 4) is 34.4 Å². The molecule has 3 aromatic carbocycles. The van der Waals surface area contributed by atoms with Gasteiger partial charge in [0.15, 0.2) is 11.5 Å². The highest BCUT2D eigenvalue weighted by molar-refractivity contribution is 5.99. The summed E-state index contributed by atoms with van der Waals surface area (Å²) >= 11 is 0. The summed E-state index contributed by atoms with van der Waals surface area (Å²) in [4.78, 5) is 25.5. The average Bonchev–Trinajstić information content (AvgIpc) is 2.93. The number of aromatic nitrogens is 3. The summed E-state index contributed by atoms with van der Waals surface area (Å²) in [5.74, 6) is 1.51. The maximum absolute atomic E-state index is 13.3. The Labute approximate surface area is 217 Å². The Kier molecular flexibility index (Phi) is 6.94. The van der Waals surface area contributed by atoms with Gasteiger partial charge in [-0.1, -0.05) is 6.07 Å². The lowest BCUT2D eigenvalue weighted by atomic mass is 10.1. The van der Waals surface area contributed by atoms with Crippen LogP contribution < -0.4 is 24.8 Å². The number of ether oxygens (including phenoxy) is 3. The minimum absolute atomic E-state index is 0.340. The molecule has 38 heavy (non-hydrogen) atoms. The van der Waals surface area contributed by atoms with E-state index in [-0.39, 0.29) is 0 Å². The SMILES string of the molecule is COc1cc2ncnc(-c3cccnc3Oc3ccc(NC(=O)Nc4cccc(F)c4)cc3)c2cc1OC. The number of carbonyl (C=O) groups excluding carboxylic acids is 1. The van der Waals surface area contributed by atoms with Gasteiger partial charge in [-0.2, -0.15) is 0 Å². The quantitative estimate of drug-likeness (QED) is 0.265. The first-order chi connectivity index (χ1) is 18.5. The van der Waals surface area contributed by atoms with Gasteiger partial charge in [-0.25, -0.2) is 24.1 Å². The maximum atomic E-state index is 13.3. The van der Waals surface area contributed by atoms with Crippen LogP contribution in [0.25, 0.3) is 22.2 Å². The van der Waals surface area contributed by atoms with Gasteiger partial charge < -0.3 is 24.8 Å². The van der Waals surface area contributed by atoms with Gasteiger partial charge in [-0.15, -0.1) is 0 Å². The molecule has 9 nitrogen and oxygen atoms in total. The predicted octanol–water partition coefficient (Wildman–Crippen LogP) is 6.28. The minimum atomic E-state index is -0.501. The first-order valence-electron chi connectivity index (χ1n) is 11.5. The largest absolute Gasteiger partial charge is 0.493 e. The van der Waals surface area contributed by atoms with Crippen LogP contribution in [-0.2, 0) is 0 Å². The summed E-state index contributed by atoms with van der Waals surface area (Å²) in [6, 6.07) is 19.1. The van der Waals surface area contributed by atoms with E-state index in [2.05, 4.69) is 25.6 Å². The van der Waals surface area contributed by atoms with E-state index in [0.29, 0.717) is 51.3 Å². The number of pyridine rings is 1. The number of nitrogens with zero attached hydrogens (tertiary/aromatic N) is 3. The molecule has 0 bridgehead atoms. The molecule has 0 spiro atoms. The number of urea groups is 1. The van der Waals surface area contributed by atoms with Crippen molar-refractivity contribution in [3.63, 3.8) is 0 Å². The molecule has 0 radical (unpaired) electrons. The fourth-order valence-corrected chi connectivity index (χ4v) is 3.83. The third-order valence-electron chi connectivity index (χ3n) is 5.58. The summed E-state index contributed by atoms with van der Waals surface area (Å²) in [6.45, 7) is 0. The van der Waals surface area contributed by atoms with Gasteiger partial charge in [-0.3, -0.25) is 0 Å².